The van der Waals surface area contributed by atoms with Gasteiger partial charge in [-0.2, -0.15) is 5.10 Å². The maximum atomic E-state index is 11.6. The molecule has 0 fully saturated rings. The van der Waals surface area contributed by atoms with E-state index in [1.807, 2.05) is 6.92 Å². The molecule has 0 radical (unpaired) electrons. The molecule has 0 aliphatic heterocycles. The molecule has 5 heteroatoms. The summed E-state index contributed by atoms with van der Waals surface area (Å²) in [5.74, 6) is -0.0526. The van der Waals surface area contributed by atoms with Gasteiger partial charge in [-0.1, -0.05) is 0 Å². The Labute approximate surface area is 83.3 Å². The molecule has 0 saturated heterocycles. The van der Waals surface area contributed by atoms with E-state index in [-0.39, 0.29) is 11.9 Å². The third-order valence-corrected chi connectivity index (χ3v) is 2.00. The summed E-state index contributed by atoms with van der Waals surface area (Å²) in [6.07, 6.45) is 2.36. The first-order valence-corrected chi connectivity index (χ1v) is 4.61. The number of carbonyl (C=O) groups is 1. The zero-order valence-electron chi connectivity index (χ0n) is 8.53. The lowest BCUT2D eigenvalue weighted by Crippen LogP contribution is -2.31. The maximum Gasteiger partial charge on any atom is 0.271 e. The van der Waals surface area contributed by atoms with Gasteiger partial charge in [0.2, 0.25) is 0 Å². The number of hydrogen-bond donors (Lipinski definition) is 2. The lowest BCUT2D eigenvalue weighted by atomic mass is 10.2. The molecule has 0 spiro atoms. The zero-order valence-corrected chi connectivity index (χ0v) is 8.53. The Bertz CT molecular complexity index is 281. The van der Waals surface area contributed by atoms with Gasteiger partial charge in [0.25, 0.3) is 5.91 Å². The molecule has 78 valence electrons. The molecule has 1 rings (SSSR count). The number of nitrogens with zero attached hydrogens (tertiary/aromatic N) is 2. The molecule has 0 aromatic carbocycles. The summed E-state index contributed by atoms with van der Waals surface area (Å²) in [5.41, 5.74) is 6.11. The van der Waals surface area contributed by atoms with E-state index in [4.69, 9.17) is 5.73 Å². The number of aromatic nitrogens is 2. The number of rotatable bonds is 4. The fourth-order valence-corrected chi connectivity index (χ4v) is 1.08. The summed E-state index contributed by atoms with van der Waals surface area (Å²) in [6.45, 7) is 2.59. The third kappa shape index (κ3) is 2.85. The minimum Gasteiger partial charge on any atom is -0.340 e. The fourth-order valence-electron chi connectivity index (χ4n) is 1.08. The van der Waals surface area contributed by atoms with Gasteiger partial charge < -0.3 is 10.6 Å². The molecule has 3 N–H and O–H groups in total. The van der Waals surface area contributed by atoms with E-state index in [1.54, 1.807) is 24.2 Å². The van der Waals surface area contributed by atoms with Crippen molar-refractivity contribution in [1.29, 1.82) is 0 Å². The van der Waals surface area contributed by atoms with E-state index in [2.05, 4.69) is 10.2 Å². The summed E-state index contributed by atoms with van der Waals surface area (Å²) in [5, 5.41) is 6.36. The Morgan fingerprint density at radius 1 is 1.79 bits per heavy atom. The van der Waals surface area contributed by atoms with E-state index < -0.39 is 0 Å². The van der Waals surface area contributed by atoms with E-state index in [0.717, 1.165) is 6.42 Å². The molecule has 1 amide bonds. The quantitative estimate of drug-likeness (QED) is 0.723. The van der Waals surface area contributed by atoms with Crippen molar-refractivity contribution in [3.8, 4) is 0 Å². The van der Waals surface area contributed by atoms with Crippen LogP contribution in [0.3, 0.4) is 0 Å². The van der Waals surface area contributed by atoms with Gasteiger partial charge >= 0.3 is 0 Å². The standard InChI is InChI=1S/C9H16N4O/c1-7(10)4-6-13(2)9(14)8-3-5-11-12-8/h3,5,7H,4,6,10H2,1-2H3,(H,11,12). The van der Waals surface area contributed by atoms with Crippen molar-refractivity contribution in [1.82, 2.24) is 15.1 Å². The second kappa shape index (κ2) is 4.76. The lowest BCUT2D eigenvalue weighted by molar-refractivity contribution is 0.0786. The fraction of sp³-hybridized carbons (Fsp3) is 0.556. The molecule has 0 bridgehead atoms. The monoisotopic (exact) mass is 196 g/mol. The molecule has 0 saturated carbocycles. The first kappa shape index (κ1) is 10.7. The van der Waals surface area contributed by atoms with Gasteiger partial charge in [-0.15, -0.1) is 0 Å². The number of H-pyrrole nitrogens is 1. The Balaban J connectivity index is 2.45. The average Bonchev–Trinajstić information content (AvgIpc) is 2.65. The van der Waals surface area contributed by atoms with Crippen molar-refractivity contribution in [2.45, 2.75) is 19.4 Å². The van der Waals surface area contributed by atoms with Crippen LogP contribution in [0.4, 0.5) is 0 Å². The smallest absolute Gasteiger partial charge is 0.271 e. The van der Waals surface area contributed by atoms with Crippen molar-refractivity contribution in [3.05, 3.63) is 18.0 Å². The number of nitrogens with two attached hydrogens (primary N) is 1. The molecule has 1 heterocycles. The van der Waals surface area contributed by atoms with E-state index in [1.165, 1.54) is 0 Å². The van der Waals surface area contributed by atoms with Crippen molar-refractivity contribution in [2.24, 2.45) is 5.73 Å². The van der Waals surface area contributed by atoms with Crippen LogP contribution in [0.2, 0.25) is 0 Å². The van der Waals surface area contributed by atoms with E-state index in [0.29, 0.717) is 12.2 Å². The molecular formula is C9H16N4O. The summed E-state index contributed by atoms with van der Waals surface area (Å²) < 4.78 is 0. The van der Waals surface area contributed by atoms with Crippen molar-refractivity contribution >= 4 is 5.91 Å². The predicted octanol–water partition coefficient (Wildman–Crippen LogP) is 0.219. The van der Waals surface area contributed by atoms with Gasteiger partial charge in [0, 0.05) is 25.8 Å². The van der Waals surface area contributed by atoms with E-state index >= 15 is 0 Å². The normalized spacial score (nSPS) is 12.5. The van der Waals surface area contributed by atoms with Gasteiger partial charge in [-0.3, -0.25) is 9.89 Å². The van der Waals surface area contributed by atoms with Crippen LogP contribution >= 0.6 is 0 Å². The topological polar surface area (TPSA) is 75.0 Å². The van der Waals surface area contributed by atoms with Crippen LogP contribution in [-0.4, -0.2) is 40.6 Å². The minimum absolute atomic E-state index is 0.0526. The number of carbonyl (C=O) groups excluding carboxylic acids is 1. The van der Waals surface area contributed by atoms with Gasteiger partial charge in [-0.25, -0.2) is 0 Å². The van der Waals surface area contributed by atoms with Crippen LogP contribution < -0.4 is 5.73 Å². The second-order valence-corrected chi connectivity index (χ2v) is 3.46. The summed E-state index contributed by atoms with van der Waals surface area (Å²) >= 11 is 0. The maximum absolute atomic E-state index is 11.6. The van der Waals surface area contributed by atoms with Crippen LogP contribution in [0.5, 0.6) is 0 Å². The van der Waals surface area contributed by atoms with Crippen molar-refractivity contribution in [2.75, 3.05) is 13.6 Å². The molecular weight excluding hydrogens is 180 g/mol. The Morgan fingerprint density at radius 3 is 3.00 bits per heavy atom. The van der Waals surface area contributed by atoms with Gasteiger partial charge in [0.1, 0.15) is 5.69 Å². The van der Waals surface area contributed by atoms with Crippen LogP contribution in [0.1, 0.15) is 23.8 Å². The summed E-state index contributed by atoms with van der Waals surface area (Å²) in [6, 6.07) is 1.78. The molecule has 1 aromatic heterocycles. The Hall–Kier alpha value is -1.36. The highest BCUT2D eigenvalue weighted by Gasteiger charge is 2.12. The number of hydrogen-bond acceptors (Lipinski definition) is 3. The second-order valence-electron chi connectivity index (χ2n) is 3.46. The van der Waals surface area contributed by atoms with Crippen LogP contribution in [0.25, 0.3) is 0 Å². The molecule has 5 nitrogen and oxygen atoms in total. The molecule has 0 aliphatic rings. The SMILES string of the molecule is CC(N)CCN(C)C(=O)c1ccn[nH]1. The number of nitrogens with one attached hydrogen (secondary N) is 1. The van der Waals surface area contributed by atoms with E-state index in [9.17, 15) is 4.79 Å². The Kier molecular flexibility index (Phi) is 3.64. The molecule has 1 atom stereocenters. The van der Waals surface area contributed by atoms with Crippen molar-refractivity contribution < 1.29 is 4.79 Å². The molecule has 0 aliphatic carbocycles. The Morgan fingerprint density at radius 2 is 2.50 bits per heavy atom. The van der Waals surface area contributed by atoms with Crippen molar-refractivity contribution in [3.63, 3.8) is 0 Å². The van der Waals surface area contributed by atoms with Crippen LogP contribution in [0.15, 0.2) is 12.3 Å². The highest BCUT2D eigenvalue weighted by Crippen LogP contribution is 1.99. The zero-order chi connectivity index (χ0) is 10.6. The van der Waals surface area contributed by atoms with Crippen LogP contribution in [0, 0.1) is 0 Å². The number of amides is 1. The minimum atomic E-state index is -0.0526. The predicted molar refractivity (Wildman–Crippen MR) is 53.8 cm³/mol. The molecule has 1 aromatic rings. The number of aromatic amines is 1. The summed E-state index contributed by atoms with van der Waals surface area (Å²) in [4.78, 5) is 13.3. The first-order valence-electron chi connectivity index (χ1n) is 4.61. The van der Waals surface area contributed by atoms with Gasteiger partial charge in [0.15, 0.2) is 0 Å². The van der Waals surface area contributed by atoms with Gasteiger partial charge in [-0.05, 0) is 19.4 Å². The van der Waals surface area contributed by atoms with Gasteiger partial charge in [0.05, 0.1) is 0 Å². The third-order valence-electron chi connectivity index (χ3n) is 2.00. The highest BCUT2D eigenvalue weighted by atomic mass is 16.2. The summed E-state index contributed by atoms with van der Waals surface area (Å²) in [7, 11) is 1.76. The average molecular weight is 196 g/mol. The first-order chi connectivity index (χ1) is 6.61. The highest BCUT2D eigenvalue weighted by molar-refractivity contribution is 5.91. The molecule has 14 heavy (non-hydrogen) atoms. The van der Waals surface area contributed by atoms with Crippen LogP contribution in [-0.2, 0) is 0 Å². The largest absolute Gasteiger partial charge is 0.340 e. The molecule has 1 unspecified atom stereocenters. The lowest BCUT2D eigenvalue weighted by Gasteiger charge is -2.17.